The van der Waals surface area contributed by atoms with Gasteiger partial charge in [-0.2, -0.15) is 0 Å². The van der Waals surface area contributed by atoms with Crippen LogP contribution in [0, 0.1) is 0 Å². The van der Waals surface area contributed by atoms with E-state index in [9.17, 15) is 4.79 Å². The van der Waals surface area contributed by atoms with Crippen molar-refractivity contribution in [2.45, 2.75) is 12.8 Å². The summed E-state index contributed by atoms with van der Waals surface area (Å²) in [5.74, 6) is 1.09. The second-order valence-corrected chi connectivity index (χ2v) is 4.56. The molecule has 19 heavy (non-hydrogen) atoms. The Kier molecular flexibility index (Phi) is 4.52. The summed E-state index contributed by atoms with van der Waals surface area (Å²) < 4.78 is 2.12. The van der Waals surface area contributed by atoms with Gasteiger partial charge in [-0.25, -0.2) is 4.98 Å². The molecule has 0 aliphatic rings. The fourth-order valence-corrected chi connectivity index (χ4v) is 2.12. The number of imidazole rings is 1. The molecule has 0 fully saturated rings. The minimum Gasteiger partial charge on any atom is -0.355 e. The molecule has 0 aliphatic heterocycles. The highest BCUT2D eigenvalue weighted by Crippen LogP contribution is 2.14. The van der Waals surface area contributed by atoms with Crippen molar-refractivity contribution in [1.82, 2.24) is 20.2 Å². The number of fused-ring (bicyclic) bond motifs is 1. The normalized spacial score (nSPS) is 10.8. The van der Waals surface area contributed by atoms with Crippen molar-refractivity contribution in [3.63, 3.8) is 0 Å². The van der Waals surface area contributed by atoms with Gasteiger partial charge in [-0.3, -0.25) is 4.79 Å². The first-order chi connectivity index (χ1) is 9.22. The molecule has 0 spiro atoms. The number of nitrogens with zero attached hydrogens (tertiary/aromatic N) is 2. The van der Waals surface area contributed by atoms with Crippen molar-refractivity contribution in [2.24, 2.45) is 7.05 Å². The highest BCUT2D eigenvalue weighted by atomic mass is 16.1. The first-order valence-corrected chi connectivity index (χ1v) is 6.54. The molecule has 1 aromatic heterocycles. The zero-order chi connectivity index (χ0) is 13.7. The molecule has 2 aromatic rings. The van der Waals surface area contributed by atoms with Crippen LogP contribution in [0.3, 0.4) is 0 Å². The molecule has 0 atom stereocenters. The Bertz CT molecular complexity index is 562. The number of rotatable bonds is 6. The molecule has 0 aliphatic carbocycles. The van der Waals surface area contributed by atoms with E-state index in [4.69, 9.17) is 0 Å². The topological polar surface area (TPSA) is 59.0 Å². The molecule has 0 saturated carbocycles. The molecular weight excluding hydrogens is 240 g/mol. The summed E-state index contributed by atoms with van der Waals surface area (Å²) in [6, 6.07) is 8.11. The number of hydrogen-bond donors (Lipinski definition) is 2. The zero-order valence-electron chi connectivity index (χ0n) is 11.4. The van der Waals surface area contributed by atoms with E-state index < -0.39 is 0 Å². The maximum Gasteiger partial charge on any atom is 0.233 e. The Morgan fingerprint density at radius 2 is 2.16 bits per heavy atom. The molecule has 2 rings (SSSR count). The predicted octanol–water partition coefficient (Wildman–Crippen LogP) is 0.841. The van der Waals surface area contributed by atoms with E-state index in [1.54, 1.807) is 7.05 Å². The molecule has 5 heteroatoms. The summed E-state index contributed by atoms with van der Waals surface area (Å²) in [7, 11) is 3.79. The van der Waals surface area contributed by atoms with Crippen LogP contribution in [0.15, 0.2) is 24.3 Å². The fraction of sp³-hybridized carbons (Fsp3) is 0.429. The fourth-order valence-electron chi connectivity index (χ4n) is 2.12. The lowest BCUT2D eigenvalue weighted by Crippen LogP contribution is -2.32. The minimum atomic E-state index is 0.0347. The van der Waals surface area contributed by atoms with Gasteiger partial charge in [0.25, 0.3) is 0 Å². The number of benzene rings is 1. The SMILES string of the molecule is CNCC(=O)NCCCc1nc2ccccc2n1C. The van der Waals surface area contributed by atoms with Gasteiger partial charge in [0.15, 0.2) is 0 Å². The summed E-state index contributed by atoms with van der Waals surface area (Å²) in [4.78, 5) is 15.9. The third-order valence-corrected chi connectivity index (χ3v) is 3.12. The Labute approximate surface area is 113 Å². The van der Waals surface area contributed by atoms with E-state index in [0.717, 1.165) is 29.7 Å². The summed E-state index contributed by atoms with van der Waals surface area (Å²) in [6.45, 7) is 1.05. The van der Waals surface area contributed by atoms with E-state index >= 15 is 0 Å². The first-order valence-electron chi connectivity index (χ1n) is 6.54. The van der Waals surface area contributed by atoms with Gasteiger partial charge >= 0.3 is 0 Å². The maximum atomic E-state index is 11.3. The van der Waals surface area contributed by atoms with Crippen molar-refractivity contribution in [2.75, 3.05) is 20.1 Å². The number of amides is 1. The average Bonchev–Trinajstić information content (AvgIpc) is 2.73. The lowest BCUT2D eigenvalue weighted by molar-refractivity contribution is -0.120. The maximum absolute atomic E-state index is 11.3. The second kappa shape index (κ2) is 6.33. The number of aryl methyl sites for hydroxylation is 2. The molecule has 0 unspecified atom stereocenters. The second-order valence-electron chi connectivity index (χ2n) is 4.56. The van der Waals surface area contributed by atoms with Crippen molar-refractivity contribution >= 4 is 16.9 Å². The highest BCUT2D eigenvalue weighted by Gasteiger charge is 2.06. The van der Waals surface area contributed by atoms with Gasteiger partial charge in [0, 0.05) is 20.0 Å². The van der Waals surface area contributed by atoms with Crippen LogP contribution in [0.2, 0.25) is 0 Å². The van der Waals surface area contributed by atoms with Gasteiger partial charge in [-0.05, 0) is 25.6 Å². The molecule has 5 nitrogen and oxygen atoms in total. The van der Waals surface area contributed by atoms with Crippen LogP contribution < -0.4 is 10.6 Å². The summed E-state index contributed by atoms with van der Waals surface area (Å²) >= 11 is 0. The van der Waals surface area contributed by atoms with Crippen LogP contribution in [0.25, 0.3) is 11.0 Å². The zero-order valence-corrected chi connectivity index (χ0v) is 11.4. The van der Waals surface area contributed by atoms with E-state index in [1.807, 2.05) is 25.2 Å². The number of nitrogens with one attached hydrogen (secondary N) is 2. The molecule has 1 amide bonds. The lowest BCUT2D eigenvalue weighted by atomic mass is 10.3. The standard InChI is InChI=1S/C14H20N4O/c1-15-10-14(19)16-9-5-8-13-17-11-6-3-4-7-12(11)18(13)2/h3-4,6-7,15H,5,8-10H2,1-2H3,(H,16,19). The third kappa shape index (κ3) is 3.32. The van der Waals surface area contributed by atoms with Gasteiger partial charge in [-0.15, -0.1) is 0 Å². The molecule has 2 N–H and O–H groups in total. The Balaban J connectivity index is 1.88. The van der Waals surface area contributed by atoms with E-state index in [2.05, 4.69) is 26.3 Å². The van der Waals surface area contributed by atoms with E-state index in [1.165, 1.54) is 0 Å². The van der Waals surface area contributed by atoms with E-state index in [0.29, 0.717) is 13.1 Å². The lowest BCUT2D eigenvalue weighted by Gasteiger charge is -2.05. The average molecular weight is 260 g/mol. The molecule has 0 saturated heterocycles. The molecule has 1 heterocycles. The molecule has 102 valence electrons. The smallest absolute Gasteiger partial charge is 0.233 e. The van der Waals surface area contributed by atoms with Crippen molar-refractivity contribution in [1.29, 1.82) is 0 Å². The number of hydrogen-bond acceptors (Lipinski definition) is 3. The van der Waals surface area contributed by atoms with Crippen LogP contribution in [-0.4, -0.2) is 35.6 Å². The Morgan fingerprint density at radius 1 is 1.37 bits per heavy atom. The van der Waals surface area contributed by atoms with Crippen LogP contribution in [0.4, 0.5) is 0 Å². The van der Waals surface area contributed by atoms with Crippen LogP contribution in [0.1, 0.15) is 12.2 Å². The number of carbonyl (C=O) groups excluding carboxylic acids is 1. The van der Waals surface area contributed by atoms with Crippen molar-refractivity contribution < 1.29 is 4.79 Å². The monoisotopic (exact) mass is 260 g/mol. The number of para-hydroxylation sites is 2. The van der Waals surface area contributed by atoms with Gasteiger partial charge in [0.05, 0.1) is 17.6 Å². The molecular formula is C14H20N4O. The van der Waals surface area contributed by atoms with Gasteiger partial charge in [0.1, 0.15) is 5.82 Å². The van der Waals surface area contributed by atoms with Crippen LogP contribution in [-0.2, 0) is 18.3 Å². The van der Waals surface area contributed by atoms with Gasteiger partial charge in [0.2, 0.25) is 5.91 Å². The largest absolute Gasteiger partial charge is 0.355 e. The molecule has 1 aromatic carbocycles. The van der Waals surface area contributed by atoms with Crippen LogP contribution >= 0.6 is 0 Å². The quantitative estimate of drug-likeness (QED) is 0.757. The van der Waals surface area contributed by atoms with Crippen molar-refractivity contribution in [3.8, 4) is 0 Å². The molecule has 0 bridgehead atoms. The third-order valence-electron chi connectivity index (χ3n) is 3.12. The summed E-state index contributed by atoms with van der Waals surface area (Å²) in [5, 5.41) is 5.69. The first kappa shape index (κ1) is 13.5. The number of carbonyl (C=O) groups is 1. The highest BCUT2D eigenvalue weighted by molar-refractivity contribution is 5.78. The number of likely N-dealkylation sites (N-methyl/N-ethyl adjacent to an activating group) is 1. The summed E-state index contributed by atoms with van der Waals surface area (Å²) in [5.41, 5.74) is 2.18. The summed E-state index contributed by atoms with van der Waals surface area (Å²) in [6.07, 6.45) is 1.76. The minimum absolute atomic E-state index is 0.0347. The predicted molar refractivity (Wildman–Crippen MR) is 76.0 cm³/mol. The molecule has 0 radical (unpaired) electrons. The Morgan fingerprint density at radius 3 is 2.89 bits per heavy atom. The van der Waals surface area contributed by atoms with Crippen molar-refractivity contribution in [3.05, 3.63) is 30.1 Å². The van der Waals surface area contributed by atoms with Gasteiger partial charge in [-0.1, -0.05) is 12.1 Å². The van der Waals surface area contributed by atoms with Gasteiger partial charge < -0.3 is 15.2 Å². The number of aromatic nitrogens is 2. The Hall–Kier alpha value is -1.88. The van der Waals surface area contributed by atoms with Crippen LogP contribution in [0.5, 0.6) is 0 Å². The van der Waals surface area contributed by atoms with E-state index in [-0.39, 0.29) is 5.91 Å².